The fourth-order valence-corrected chi connectivity index (χ4v) is 8.37. The summed E-state index contributed by atoms with van der Waals surface area (Å²) in [7, 11) is 1.58. The molecule has 1 N–H and O–H groups in total. The fourth-order valence-electron chi connectivity index (χ4n) is 7.22. The van der Waals surface area contributed by atoms with Gasteiger partial charge in [0.05, 0.1) is 43.3 Å². The molecule has 2 fully saturated rings. The first kappa shape index (κ1) is 42.7. The lowest BCUT2D eigenvalue weighted by Crippen LogP contribution is -2.62. The van der Waals surface area contributed by atoms with Crippen molar-refractivity contribution in [3.05, 3.63) is 173 Å². The van der Waals surface area contributed by atoms with E-state index in [9.17, 15) is 9.90 Å². The van der Waals surface area contributed by atoms with Gasteiger partial charge in [-0.15, -0.1) is 11.8 Å². The molecule has 2 heterocycles. The minimum atomic E-state index is -1.15. The van der Waals surface area contributed by atoms with E-state index in [4.69, 9.17) is 37.9 Å². The van der Waals surface area contributed by atoms with Crippen molar-refractivity contribution >= 4 is 17.7 Å². The Labute approximate surface area is 350 Å². The highest BCUT2D eigenvalue weighted by molar-refractivity contribution is 8.00. The minimum absolute atomic E-state index is 0.0144. The number of rotatable bonds is 17. The molecule has 0 aliphatic carbocycles. The van der Waals surface area contributed by atoms with E-state index in [0.717, 1.165) is 27.1 Å². The van der Waals surface area contributed by atoms with E-state index >= 15 is 0 Å². The maximum Gasteiger partial charge on any atom is 0.338 e. The van der Waals surface area contributed by atoms with Crippen LogP contribution in [-0.2, 0) is 57.7 Å². The van der Waals surface area contributed by atoms with E-state index in [1.165, 1.54) is 11.8 Å². The summed E-state index contributed by atoms with van der Waals surface area (Å²) >= 11 is 1.40. The van der Waals surface area contributed by atoms with Crippen LogP contribution in [0, 0.1) is 6.92 Å². The summed E-state index contributed by atoms with van der Waals surface area (Å²) in [6.07, 6.45) is -7.37. The molecule has 310 valence electrons. The van der Waals surface area contributed by atoms with Gasteiger partial charge in [0.2, 0.25) is 0 Å². The molecule has 2 saturated heterocycles. The molecule has 0 bridgehead atoms. The third-order valence-electron chi connectivity index (χ3n) is 10.4. The monoisotopic (exact) mass is 820 g/mol. The average Bonchev–Trinajstić information content (AvgIpc) is 3.28. The van der Waals surface area contributed by atoms with Gasteiger partial charge in [-0.25, -0.2) is 4.79 Å². The second-order valence-electron chi connectivity index (χ2n) is 14.7. The number of hydrogen-bond donors (Lipinski definition) is 1. The maximum atomic E-state index is 13.2. The Hall–Kier alpha value is -4.40. The van der Waals surface area contributed by atoms with E-state index < -0.39 is 66.5 Å². The van der Waals surface area contributed by atoms with E-state index in [1.807, 2.05) is 128 Å². The number of esters is 1. The van der Waals surface area contributed by atoms with Crippen molar-refractivity contribution < 1.29 is 47.8 Å². The van der Waals surface area contributed by atoms with E-state index in [-0.39, 0.29) is 13.2 Å². The molecule has 0 spiro atoms. The zero-order chi connectivity index (χ0) is 41.0. The van der Waals surface area contributed by atoms with Crippen LogP contribution in [0.4, 0.5) is 0 Å². The first-order valence-corrected chi connectivity index (χ1v) is 20.8. The molecule has 10 unspecified atom stereocenters. The number of aryl methyl sites for hydroxylation is 1. The van der Waals surface area contributed by atoms with Crippen LogP contribution in [0.25, 0.3) is 0 Å². The number of methoxy groups -OCH3 is 1. The molecule has 7 rings (SSSR count). The molecule has 11 heteroatoms. The number of hydrogen-bond acceptors (Lipinski definition) is 11. The van der Waals surface area contributed by atoms with E-state index in [1.54, 1.807) is 38.3 Å². The van der Waals surface area contributed by atoms with Gasteiger partial charge < -0.3 is 43.0 Å². The molecule has 5 aromatic rings. The third-order valence-corrected chi connectivity index (χ3v) is 11.7. The zero-order valence-corrected chi connectivity index (χ0v) is 34.3. The van der Waals surface area contributed by atoms with Crippen LogP contribution in [0.1, 0.15) is 39.5 Å². The summed E-state index contributed by atoms with van der Waals surface area (Å²) in [6.45, 7) is 4.63. The Morgan fingerprint density at radius 3 is 1.66 bits per heavy atom. The van der Waals surface area contributed by atoms with Crippen molar-refractivity contribution in [2.75, 3.05) is 13.7 Å². The topological polar surface area (TPSA) is 111 Å². The Morgan fingerprint density at radius 2 is 1.12 bits per heavy atom. The highest BCUT2D eigenvalue weighted by Gasteiger charge is 2.51. The summed E-state index contributed by atoms with van der Waals surface area (Å²) in [5.41, 5.74) is 4.43. The van der Waals surface area contributed by atoms with Crippen LogP contribution < -0.4 is 0 Å². The first-order valence-electron chi connectivity index (χ1n) is 20.0. The maximum absolute atomic E-state index is 13.2. The van der Waals surface area contributed by atoms with Crippen molar-refractivity contribution in [1.82, 2.24) is 0 Å². The van der Waals surface area contributed by atoms with Crippen LogP contribution in [0.3, 0.4) is 0 Å². The van der Waals surface area contributed by atoms with Crippen molar-refractivity contribution in [3.8, 4) is 0 Å². The Morgan fingerprint density at radius 1 is 0.610 bits per heavy atom. The molecule has 0 saturated carbocycles. The summed E-state index contributed by atoms with van der Waals surface area (Å²) in [6, 6.07) is 46.4. The van der Waals surface area contributed by atoms with Crippen LogP contribution in [0.5, 0.6) is 0 Å². The normalized spacial score (nSPS) is 26.9. The number of aliphatic hydroxyl groups excluding tert-OH is 1. The number of aliphatic hydroxyl groups is 1. The highest BCUT2D eigenvalue weighted by Crippen LogP contribution is 2.38. The number of thioether (sulfide) groups is 1. The minimum Gasteiger partial charge on any atom is -0.453 e. The number of ether oxygens (including phenoxy) is 8. The number of carbonyl (C=O) groups excluding carboxylic acids is 1. The number of benzene rings is 5. The molecule has 10 atom stereocenters. The molecule has 2 aliphatic rings. The van der Waals surface area contributed by atoms with Crippen molar-refractivity contribution in [2.45, 2.75) is 99.1 Å². The van der Waals surface area contributed by atoms with Gasteiger partial charge in [0.25, 0.3) is 0 Å². The second kappa shape index (κ2) is 21.2. The molecule has 0 amide bonds. The molecule has 2 aliphatic heterocycles. The van der Waals surface area contributed by atoms with Gasteiger partial charge in [-0.1, -0.05) is 127 Å². The summed E-state index contributed by atoms with van der Waals surface area (Å²) in [4.78, 5) is 14.1. The van der Waals surface area contributed by atoms with Crippen LogP contribution in [-0.4, -0.2) is 85.4 Å². The van der Waals surface area contributed by atoms with Gasteiger partial charge in [0.1, 0.15) is 30.5 Å². The molecular weight excluding hydrogens is 769 g/mol. The van der Waals surface area contributed by atoms with Crippen LogP contribution in [0.15, 0.2) is 150 Å². The molecule has 10 nitrogen and oxygen atoms in total. The lowest BCUT2D eigenvalue weighted by atomic mass is 9.97. The Balaban J connectivity index is 1.16. The summed E-state index contributed by atoms with van der Waals surface area (Å²) < 4.78 is 51.9. The summed E-state index contributed by atoms with van der Waals surface area (Å²) in [5, 5.41) is 11.3. The van der Waals surface area contributed by atoms with Crippen LogP contribution in [0.2, 0.25) is 0 Å². The highest BCUT2D eigenvalue weighted by atomic mass is 32.2. The quantitative estimate of drug-likeness (QED) is 0.0924. The lowest BCUT2D eigenvalue weighted by molar-refractivity contribution is -0.331. The lowest BCUT2D eigenvalue weighted by Gasteiger charge is -2.47. The van der Waals surface area contributed by atoms with Crippen molar-refractivity contribution in [2.24, 2.45) is 0 Å². The second-order valence-corrected chi connectivity index (χ2v) is 16.0. The average molecular weight is 821 g/mol. The van der Waals surface area contributed by atoms with Crippen LogP contribution >= 0.6 is 11.8 Å². The zero-order valence-electron chi connectivity index (χ0n) is 33.5. The first-order chi connectivity index (χ1) is 28.9. The van der Waals surface area contributed by atoms with Gasteiger partial charge in [0, 0.05) is 12.0 Å². The van der Waals surface area contributed by atoms with E-state index in [2.05, 4.69) is 0 Å². The third kappa shape index (κ3) is 11.5. The van der Waals surface area contributed by atoms with Gasteiger partial charge in [-0.3, -0.25) is 0 Å². The largest absolute Gasteiger partial charge is 0.453 e. The standard InChI is InChI=1S/C48H52O10S/c1-32-24-26-38(27-25-32)59-45-40(49)41(58-46(50)37-22-14-7-15-23-37)33(2)56-48(45)55-31-39-42(52-28-34-16-8-4-9-17-34)43(53-29-35-18-10-5-11-19-35)44(47(51-3)57-39)54-30-36-20-12-6-13-21-36/h4-27,33,39-45,47-49H,28-31H2,1-3H3. The van der Waals surface area contributed by atoms with Crippen molar-refractivity contribution in [1.29, 1.82) is 0 Å². The van der Waals surface area contributed by atoms with Gasteiger partial charge in [-0.05, 0) is 54.8 Å². The Bertz CT molecular complexity index is 1990. The molecule has 0 radical (unpaired) electrons. The Kier molecular flexibility index (Phi) is 15.4. The van der Waals surface area contributed by atoms with Crippen molar-refractivity contribution in [3.63, 3.8) is 0 Å². The SMILES string of the molecule is COC1OC(COC2OC(C)C(OC(=O)c3ccccc3)C(O)C2Sc2ccc(C)cc2)C(OCc2ccccc2)C(OCc2ccccc2)C1OCc1ccccc1. The summed E-state index contributed by atoms with van der Waals surface area (Å²) in [5.74, 6) is -0.547. The van der Waals surface area contributed by atoms with Gasteiger partial charge in [-0.2, -0.15) is 0 Å². The predicted octanol–water partition coefficient (Wildman–Crippen LogP) is 7.93. The molecule has 5 aromatic carbocycles. The number of carbonyl (C=O) groups is 1. The van der Waals surface area contributed by atoms with Gasteiger partial charge >= 0.3 is 5.97 Å². The van der Waals surface area contributed by atoms with Gasteiger partial charge in [0.15, 0.2) is 18.7 Å². The molecule has 0 aromatic heterocycles. The molecular formula is C48H52O10S. The smallest absolute Gasteiger partial charge is 0.338 e. The predicted molar refractivity (Wildman–Crippen MR) is 223 cm³/mol. The van der Waals surface area contributed by atoms with E-state index in [0.29, 0.717) is 18.8 Å². The molecule has 59 heavy (non-hydrogen) atoms. The fraction of sp³-hybridized carbons (Fsp3) is 0.354.